The maximum absolute atomic E-state index is 11.7. The molecule has 1 fully saturated rings. The van der Waals surface area contributed by atoms with E-state index in [4.69, 9.17) is 0 Å². The third-order valence-electron chi connectivity index (χ3n) is 1.96. The van der Waals surface area contributed by atoms with Crippen molar-refractivity contribution in [1.82, 2.24) is 4.90 Å². The normalized spacial score (nSPS) is 22.9. The summed E-state index contributed by atoms with van der Waals surface area (Å²) in [6.45, 7) is -0.891. The summed E-state index contributed by atoms with van der Waals surface area (Å²) >= 11 is 0. The Bertz CT molecular complexity index is 113. The Kier molecular flexibility index (Phi) is 3.20. The van der Waals surface area contributed by atoms with Crippen LogP contribution in [0, 0.1) is 0 Å². The topological polar surface area (TPSA) is 12.5 Å². The van der Waals surface area contributed by atoms with E-state index in [9.17, 15) is 8.78 Å². The van der Waals surface area contributed by atoms with E-state index in [2.05, 4.69) is 9.64 Å². The fraction of sp³-hybridized carbons (Fsp3) is 1.00. The summed E-state index contributed by atoms with van der Waals surface area (Å²) < 4.78 is 27.7. The van der Waals surface area contributed by atoms with E-state index in [0.29, 0.717) is 0 Å². The van der Waals surface area contributed by atoms with Gasteiger partial charge >= 0.3 is 6.61 Å². The molecule has 0 saturated carbocycles. The Hall–Kier alpha value is -0.220. The lowest BCUT2D eigenvalue weighted by atomic mass is 10.1. The molecular weight excluding hydrogens is 152 g/mol. The van der Waals surface area contributed by atoms with Crippen LogP contribution in [0.2, 0.25) is 0 Å². The van der Waals surface area contributed by atoms with Gasteiger partial charge < -0.3 is 9.64 Å². The van der Waals surface area contributed by atoms with Crippen molar-refractivity contribution in [3.8, 4) is 0 Å². The van der Waals surface area contributed by atoms with Crippen LogP contribution in [0.15, 0.2) is 0 Å². The van der Waals surface area contributed by atoms with Crippen LogP contribution in [0.3, 0.4) is 0 Å². The molecule has 0 radical (unpaired) electrons. The first-order valence-corrected chi connectivity index (χ1v) is 3.80. The molecule has 1 aliphatic heterocycles. The molecule has 1 aliphatic rings. The maximum Gasteiger partial charge on any atom is 0.345 e. The van der Waals surface area contributed by atoms with Crippen molar-refractivity contribution < 1.29 is 13.5 Å². The van der Waals surface area contributed by atoms with Crippen LogP contribution in [-0.2, 0) is 4.74 Å². The molecule has 11 heavy (non-hydrogen) atoms. The standard InChI is InChI=1S/C7H13F2NO/c1-10-4-2-6(3-5-10)11-7(8)9/h6-7H,2-5H2,1H3. The highest BCUT2D eigenvalue weighted by Gasteiger charge is 2.19. The molecule has 0 unspecified atom stereocenters. The van der Waals surface area contributed by atoms with Crippen LogP contribution in [0.4, 0.5) is 8.78 Å². The van der Waals surface area contributed by atoms with Crippen LogP contribution in [-0.4, -0.2) is 37.8 Å². The third kappa shape index (κ3) is 3.12. The second-order valence-corrected chi connectivity index (χ2v) is 2.90. The summed E-state index contributed by atoms with van der Waals surface area (Å²) in [5, 5.41) is 0. The predicted molar refractivity (Wildman–Crippen MR) is 37.6 cm³/mol. The smallest absolute Gasteiger partial charge is 0.320 e. The second-order valence-electron chi connectivity index (χ2n) is 2.90. The highest BCUT2D eigenvalue weighted by molar-refractivity contribution is 4.69. The largest absolute Gasteiger partial charge is 0.345 e. The van der Waals surface area contributed by atoms with E-state index in [1.54, 1.807) is 0 Å². The van der Waals surface area contributed by atoms with Gasteiger partial charge in [0, 0.05) is 13.1 Å². The van der Waals surface area contributed by atoms with Gasteiger partial charge in [-0.05, 0) is 19.9 Å². The molecule has 1 heterocycles. The minimum absolute atomic E-state index is 0.230. The highest BCUT2D eigenvalue weighted by Crippen LogP contribution is 2.14. The second kappa shape index (κ2) is 3.97. The summed E-state index contributed by atoms with van der Waals surface area (Å²) in [6, 6.07) is 0. The number of piperidine rings is 1. The average Bonchev–Trinajstić information content (AvgIpc) is 1.93. The Morgan fingerprint density at radius 1 is 1.36 bits per heavy atom. The number of nitrogens with zero attached hydrogens (tertiary/aromatic N) is 1. The molecule has 0 spiro atoms. The van der Waals surface area contributed by atoms with Gasteiger partial charge in [0.15, 0.2) is 0 Å². The number of hydrogen-bond acceptors (Lipinski definition) is 2. The van der Waals surface area contributed by atoms with Crippen molar-refractivity contribution in [1.29, 1.82) is 0 Å². The quantitative estimate of drug-likeness (QED) is 0.612. The Morgan fingerprint density at radius 2 is 1.91 bits per heavy atom. The van der Waals surface area contributed by atoms with Crippen LogP contribution in [0.25, 0.3) is 0 Å². The summed E-state index contributed by atoms with van der Waals surface area (Å²) in [6.07, 6.45) is 1.22. The Morgan fingerprint density at radius 3 is 2.36 bits per heavy atom. The molecule has 0 aliphatic carbocycles. The number of ether oxygens (including phenoxy) is 1. The average molecular weight is 165 g/mol. The van der Waals surface area contributed by atoms with Crippen molar-refractivity contribution in [3.05, 3.63) is 0 Å². The molecule has 0 aromatic carbocycles. The minimum Gasteiger partial charge on any atom is -0.320 e. The molecule has 1 rings (SSSR count). The van der Waals surface area contributed by atoms with Crippen molar-refractivity contribution in [2.75, 3.05) is 20.1 Å². The zero-order valence-corrected chi connectivity index (χ0v) is 6.59. The fourth-order valence-electron chi connectivity index (χ4n) is 1.27. The summed E-state index contributed by atoms with van der Waals surface area (Å²) in [7, 11) is 1.98. The van der Waals surface area contributed by atoms with E-state index in [-0.39, 0.29) is 6.10 Å². The Balaban J connectivity index is 2.17. The third-order valence-corrected chi connectivity index (χ3v) is 1.96. The molecule has 0 aromatic heterocycles. The van der Waals surface area contributed by atoms with Gasteiger partial charge in [0.2, 0.25) is 0 Å². The van der Waals surface area contributed by atoms with E-state index >= 15 is 0 Å². The fourth-order valence-corrected chi connectivity index (χ4v) is 1.27. The first-order chi connectivity index (χ1) is 5.18. The van der Waals surface area contributed by atoms with Gasteiger partial charge in [0.05, 0.1) is 6.10 Å². The first kappa shape index (κ1) is 8.87. The predicted octanol–water partition coefficient (Wildman–Crippen LogP) is 1.32. The van der Waals surface area contributed by atoms with Crippen molar-refractivity contribution in [3.63, 3.8) is 0 Å². The van der Waals surface area contributed by atoms with Crippen LogP contribution in [0.1, 0.15) is 12.8 Å². The lowest BCUT2D eigenvalue weighted by Crippen LogP contribution is -2.34. The molecule has 66 valence electrons. The van der Waals surface area contributed by atoms with Gasteiger partial charge in [-0.3, -0.25) is 0 Å². The SMILES string of the molecule is CN1CCC(OC(F)F)CC1. The zero-order chi connectivity index (χ0) is 8.27. The molecule has 0 amide bonds. The van der Waals surface area contributed by atoms with Gasteiger partial charge in [-0.1, -0.05) is 0 Å². The number of alkyl halides is 2. The van der Waals surface area contributed by atoms with E-state index in [0.717, 1.165) is 25.9 Å². The van der Waals surface area contributed by atoms with Gasteiger partial charge in [0.1, 0.15) is 0 Å². The van der Waals surface area contributed by atoms with E-state index < -0.39 is 6.61 Å². The molecule has 1 saturated heterocycles. The first-order valence-electron chi connectivity index (χ1n) is 3.80. The van der Waals surface area contributed by atoms with Gasteiger partial charge in [-0.2, -0.15) is 8.78 Å². The number of hydrogen-bond donors (Lipinski definition) is 0. The molecule has 0 N–H and O–H groups in total. The van der Waals surface area contributed by atoms with Crippen molar-refractivity contribution >= 4 is 0 Å². The molecule has 2 nitrogen and oxygen atoms in total. The number of rotatable bonds is 2. The summed E-state index contributed by atoms with van der Waals surface area (Å²) in [4.78, 5) is 2.12. The molecule has 0 aromatic rings. The van der Waals surface area contributed by atoms with Crippen LogP contribution < -0.4 is 0 Å². The maximum atomic E-state index is 11.7. The molecule has 0 atom stereocenters. The van der Waals surface area contributed by atoms with Gasteiger partial charge in [0.25, 0.3) is 0 Å². The van der Waals surface area contributed by atoms with Crippen molar-refractivity contribution in [2.24, 2.45) is 0 Å². The summed E-state index contributed by atoms with van der Waals surface area (Å²) in [5.41, 5.74) is 0. The zero-order valence-electron chi connectivity index (χ0n) is 6.59. The highest BCUT2D eigenvalue weighted by atomic mass is 19.3. The van der Waals surface area contributed by atoms with E-state index in [1.807, 2.05) is 7.05 Å². The van der Waals surface area contributed by atoms with Crippen molar-refractivity contribution in [2.45, 2.75) is 25.6 Å². The lowest BCUT2D eigenvalue weighted by molar-refractivity contribution is -0.171. The molecule has 0 bridgehead atoms. The summed E-state index contributed by atoms with van der Waals surface area (Å²) in [5.74, 6) is 0. The molecular formula is C7H13F2NO. The van der Waals surface area contributed by atoms with Gasteiger partial charge in [-0.25, -0.2) is 0 Å². The monoisotopic (exact) mass is 165 g/mol. The van der Waals surface area contributed by atoms with E-state index in [1.165, 1.54) is 0 Å². The lowest BCUT2D eigenvalue weighted by Gasteiger charge is -2.28. The number of halogens is 2. The Labute approximate surface area is 65.1 Å². The van der Waals surface area contributed by atoms with Gasteiger partial charge in [-0.15, -0.1) is 0 Å². The number of likely N-dealkylation sites (tertiary alicyclic amines) is 1. The van der Waals surface area contributed by atoms with Crippen LogP contribution >= 0.6 is 0 Å². The van der Waals surface area contributed by atoms with Crippen LogP contribution in [0.5, 0.6) is 0 Å². The minimum atomic E-state index is -2.61. The molecule has 4 heteroatoms.